The molecule has 138 valence electrons. The molecule has 0 spiro atoms. The highest BCUT2D eigenvalue weighted by Gasteiger charge is 2.25. The summed E-state index contributed by atoms with van der Waals surface area (Å²) in [5.41, 5.74) is 0.992. The van der Waals surface area contributed by atoms with Crippen molar-refractivity contribution < 1.29 is 9.90 Å². The largest absolute Gasteiger partial charge is 0.387 e. The van der Waals surface area contributed by atoms with Crippen molar-refractivity contribution in [3.63, 3.8) is 0 Å². The third kappa shape index (κ3) is 6.10. The van der Waals surface area contributed by atoms with Crippen LogP contribution in [0.15, 0.2) is 30.3 Å². The average molecular weight is 345 g/mol. The number of amides is 1. The number of hydrogen-bond acceptors (Lipinski definition) is 4. The molecular weight excluding hydrogens is 314 g/mol. The molecular formula is C20H31N3O2. The quantitative estimate of drug-likeness (QED) is 0.752. The number of nitrogens with one attached hydrogen (secondary N) is 1. The van der Waals surface area contributed by atoms with Crippen LogP contribution in [0.1, 0.15) is 37.4 Å². The van der Waals surface area contributed by atoms with E-state index in [4.69, 9.17) is 0 Å². The van der Waals surface area contributed by atoms with E-state index in [1.165, 1.54) is 0 Å². The highest BCUT2D eigenvalue weighted by atomic mass is 16.3. The SMILES string of the molecule is CN(CC(=O)NC1CC1)CC1CCN(C[C@H](O)c2ccccc2)CC1. The predicted molar refractivity (Wildman–Crippen MR) is 99.2 cm³/mol. The fraction of sp³-hybridized carbons (Fsp3) is 0.650. The van der Waals surface area contributed by atoms with Gasteiger partial charge in [0, 0.05) is 19.1 Å². The molecule has 25 heavy (non-hydrogen) atoms. The molecule has 2 fully saturated rings. The van der Waals surface area contributed by atoms with Gasteiger partial charge in [-0.1, -0.05) is 30.3 Å². The summed E-state index contributed by atoms with van der Waals surface area (Å²) >= 11 is 0. The van der Waals surface area contributed by atoms with Gasteiger partial charge >= 0.3 is 0 Å². The molecule has 2 aliphatic rings. The zero-order valence-electron chi connectivity index (χ0n) is 15.2. The molecule has 1 aliphatic carbocycles. The summed E-state index contributed by atoms with van der Waals surface area (Å²) in [5, 5.41) is 13.4. The summed E-state index contributed by atoms with van der Waals surface area (Å²) in [7, 11) is 2.04. The van der Waals surface area contributed by atoms with E-state index in [9.17, 15) is 9.90 Å². The zero-order valence-corrected chi connectivity index (χ0v) is 15.2. The van der Waals surface area contributed by atoms with Gasteiger partial charge in [0.1, 0.15) is 0 Å². The standard InChI is InChI=1S/C20H31N3O2/c1-22(15-20(25)21-18-7-8-18)13-16-9-11-23(12-10-16)14-19(24)17-5-3-2-4-6-17/h2-6,16,18-19,24H,7-15H2,1H3,(H,21,25)/t19-/m0/s1. The number of rotatable bonds is 8. The third-order valence-electron chi connectivity index (χ3n) is 5.25. The number of nitrogens with zero attached hydrogens (tertiary/aromatic N) is 2. The maximum absolute atomic E-state index is 11.9. The minimum absolute atomic E-state index is 0.161. The minimum Gasteiger partial charge on any atom is -0.387 e. The van der Waals surface area contributed by atoms with Gasteiger partial charge in [0.2, 0.25) is 5.91 Å². The van der Waals surface area contributed by atoms with Gasteiger partial charge in [-0.15, -0.1) is 0 Å². The number of piperidine rings is 1. The van der Waals surface area contributed by atoms with Crippen LogP contribution in [0.3, 0.4) is 0 Å². The molecule has 0 radical (unpaired) electrons. The smallest absolute Gasteiger partial charge is 0.234 e. The highest BCUT2D eigenvalue weighted by molar-refractivity contribution is 5.78. The first-order valence-electron chi connectivity index (χ1n) is 9.53. The van der Waals surface area contributed by atoms with Crippen molar-refractivity contribution in [2.24, 2.45) is 5.92 Å². The Morgan fingerprint density at radius 2 is 1.92 bits per heavy atom. The molecule has 0 unspecified atom stereocenters. The molecule has 1 amide bonds. The van der Waals surface area contributed by atoms with Crippen molar-refractivity contribution in [3.05, 3.63) is 35.9 Å². The molecule has 1 heterocycles. The van der Waals surface area contributed by atoms with E-state index in [0.717, 1.165) is 50.9 Å². The van der Waals surface area contributed by atoms with Crippen molar-refractivity contribution in [2.75, 3.05) is 39.8 Å². The van der Waals surface area contributed by atoms with Crippen molar-refractivity contribution in [2.45, 2.75) is 37.8 Å². The second-order valence-corrected chi connectivity index (χ2v) is 7.71. The van der Waals surface area contributed by atoms with E-state index in [0.29, 0.717) is 25.0 Å². The van der Waals surface area contributed by atoms with Gasteiger partial charge in [-0.25, -0.2) is 0 Å². The van der Waals surface area contributed by atoms with Gasteiger partial charge < -0.3 is 15.3 Å². The Hall–Kier alpha value is -1.43. The summed E-state index contributed by atoms with van der Waals surface area (Å²) < 4.78 is 0. The summed E-state index contributed by atoms with van der Waals surface area (Å²) in [5.74, 6) is 0.803. The van der Waals surface area contributed by atoms with Crippen LogP contribution in [-0.2, 0) is 4.79 Å². The van der Waals surface area contributed by atoms with Crippen LogP contribution in [0.25, 0.3) is 0 Å². The van der Waals surface area contributed by atoms with Gasteiger partial charge in [0.25, 0.3) is 0 Å². The molecule has 0 bridgehead atoms. The zero-order chi connectivity index (χ0) is 17.6. The van der Waals surface area contributed by atoms with E-state index >= 15 is 0 Å². The van der Waals surface area contributed by atoms with Crippen molar-refractivity contribution in [3.8, 4) is 0 Å². The molecule has 1 atom stereocenters. The fourth-order valence-corrected chi connectivity index (χ4v) is 3.63. The van der Waals surface area contributed by atoms with Crippen molar-refractivity contribution in [1.29, 1.82) is 0 Å². The Morgan fingerprint density at radius 1 is 1.24 bits per heavy atom. The summed E-state index contributed by atoms with van der Waals surface area (Å²) in [6.45, 7) is 4.24. The minimum atomic E-state index is -0.411. The topological polar surface area (TPSA) is 55.8 Å². The number of benzene rings is 1. The number of carbonyl (C=O) groups is 1. The van der Waals surface area contributed by atoms with E-state index in [1.807, 2.05) is 37.4 Å². The van der Waals surface area contributed by atoms with Gasteiger partial charge in [0.05, 0.1) is 12.6 Å². The molecule has 1 saturated carbocycles. The predicted octanol–water partition coefficient (Wildman–Crippen LogP) is 1.64. The first-order chi connectivity index (χ1) is 12.1. The second-order valence-electron chi connectivity index (χ2n) is 7.71. The van der Waals surface area contributed by atoms with Gasteiger partial charge in [-0.3, -0.25) is 9.69 Å². The Balaban J connectivity index is 1.34. The van der Waals surface area contributed by atoms with Gasteiger partial charge in [-0.2, -0.15) is 0 Å². The molecule has 1 aromatic carbocycles. The van der Waals surface area contributed by atoms with E-state index in [-0.39, 0.29) is 5.91 Å². The van der Waals surface area contributed by atoms with E-state index in [1.54, 1.807) is 0 Å². The molecule has 1 aromatic rings. The van der Waals surface area contributed by atoms with Crippen LogP contribution in [0.5, 0.6) is 0 Å². The lowest BCUT2D eigenvalue weighted by molar-refractivity contribution is -0.122. The molecule has 5 heteroatoms. The summed E-state index contributed by atoms with van der Waals surface area (Å²) in [6.07, 6.45) is 4.14. The lowest BCUT2D eigenvalue weighted by Gasteiger charge is -2.34. The van der Waals surface area contributed by atoms with Crippen LogP contribution in [0.4, 0.5) is 0 Å². The highest BCUT2D eigenvalue weighted by Crippen LogP contribution is 2.21. The third-order valence-corrected chi connectivity index (χ3v) is 5.25. The Labute approximate surface area is 151 Å². The molecule has 1 aliphatic heterocycles. The number of β-amino-alcohol motifs (C(OH)–C–C–N with tert-alkyl or cyclic N) is 1. The normalized spacial score (nSPS) is 20.6. The number of aliphatic hydroxyl groups excluding tert-OH is 1. The van der Waals surface area contributed by atoms with E-state index < -0.39 is 6.10 Å². The van der Waals surface area contributed by atoms with Crippen molar-refractivity contribution >= 4 is 5.91 Å². The first kappa shape index (κ1) is 18.4. The van der Waals surface area contributed by atoms with Crippen LogP contribution in [0, 0.1) is 5.92 Å². The lowest BCUT2D eigenvalue weighted by Crippen LogP contribution is -2.42. The fourth-order valence-electron chi connectivity index (χ4n) is 3.63. The average Bonchev–Trinajstić information content (AvgIpc) is 3.41. The van der Waals surface area contributed by atoms with Crippen LogP contribution in [0.2, 0.25) is 0 Å². The number of likely N-dealkylation sites (N-methyl/N-ethyl adjacent to an activating group) is 1. The maximum Gasteiger partial charge on any atom is 0.234 e. The molecule has 0 aromatic heterocycles. The molecule has 5 nitrogen and oxygen atoms in total. The number of aliphatic hydroxyl groups is 1. The maximum atomic E-state index is 11.9. The van der Waals surface area contributed by atoms with Crippen molar-refractivity contribution in [1.82, 2.24) is 15.1 Å². The molecule has 3 rings (SSSR count). The Bertz CT molecular complexity index is 539. The van der Waals surface area contributed by atoms with Crippen LogP contribution >= 0.6 is 0 Å². The monoisotopic (exact) mass is 345 g/mol. The Kier molecular flexibility index (Phi) is 6.45. The number of hydrogen-bond donors (Lipinski definition) is 2. The lowest BCUT2D eigenvalue weighted by atomic mass is 9.95. The summed E-state index contributed by atoms with van der Waals surface area (Å²) in [6, 6.07) is 10.3. The molecule has 1 saturated heterocycles. The van der Waals surface area contributed by atoms with E-state index in [2.05, 4.69) is 15.1 Å². The van der Waals surface area contributed by atoms with Gasteiger partial charge in [0.15, 0.2) is 0 Å². The number of carbonyl (C=O) groups excluding carboxylic acids is 1. The first-order valence-corrected chi connectivity index (χ1v) is 9.53. The van der Waals surface area contributed by atoms with Crippen LogP contribution in [-0.4, -0.2) is 66.6 Å². The number of likely N-dealkylation sites (tertiary alicyclic amines) is 1. The second kappa shape index (κ2) is 8.79. The van der Waals surface area contributed by atoms with Gasteiger partial charge in [-0.05, 0) is 57.3 Å². The van der Waals surface area contributed by atoms with Crippen LogP contribution < -0.4 is 5.32 Å². The Morgan fingerprint density at radius 3 is 2.56 bits per heavy atom. The molecule has 2 N–H and O–H groups in total. The summed E-state index contributed by atoms with van der Waals surface area (Å²) in [4.78, 5) is 16.4.